The summed E-state index contributed by atoms with van der Waals surface area (Å²) >= 11 is 0. The summed E-state index contributed by atoms with van der Waals surface area (Å²) in [6, 6.07) is 0.122. The molecule has 2 rings (SSSR count). The number of carbonyl (C=O) groups is 1. The number of aromatic nitrogens is 1. The van der Waals surface area contributed by atoms with Gasteiger partial charge in [0.25, 0.3) is 5.91 Å². The Hall–Kier alpha value is -1.36. The van der Waals surface area contributed by atoms with Crippen LogP contribution in [0.4, 0.5) is 0 Å². The lowest BCUT2D eigenvalue weighted by atomic mass is 10.2. The second-order valence-corrected chi connectivity index (χ2v) is 2.97. The Balaban J connectivity index is 2.00. The minimum Gasteiger partial charge on any atom is -0.438 e. The highest BCUT2D eigenvalue weighted by Crippen LogP contribution is 2.06. The molecule has 0 radical (unpaired) electrons. The van der Waals surface area contributed by atoms with Crippen LogP contribution in [0.3, 0.4) is 0 Å². The predicted octanol–water partition coefficient (Wildman–Crippen LogP) is 0.112. The fraction of sp³-hybridized carbons (Fsp3) is 0.500. The largest absolute Gasteiger partial charge is 0.438 e. The molecule has 0 unspecified atom stereocenters. The zero-order valence-electron chi connectivity index (χ0n) is 7.24. The molecule has 1 N–H and O–H groups in total. The molecule has 1 aliphatic rings. The number of hydrogen-bond acceptors (Lipinski definition) is 4. The molecule has 0 bridgehead atoms. The highest BCUT2D eigenvalue weighted by molar-refractivity contribution is 5.92. The first-order chi connectivity index (χ1) is 6.27. The van der Waals surface area contributed by atoms with Gasteiger partial charge in [0.05, 0.1) is 24.9 Å². The molecular weight excluding hydrogens is 172 g/mol. The summed E-state index contributed by atoms with van der Waals surface area (Å²) in [6.45, 7) is 2.90. The van der Waals surface area contributed by atoms with E-state index in [1.165, 1.54) is 6.39 Å². The fourth-order valence-electron chi connectivity index (χ4n) is 1.09. The summed E-state index contributed by atoms with van der Waals surface area (Å²) < 4.78 is 9.85. The van der Waals surface area contributed by atoms with Gasteiger partial charge in [-0.25, -0.2) is 4.98 Å². The zero-order valence-corrected chi connectivity index (χ0v) is 7.24. The Bertz CT molecular complexity index is 317. The number of amides is 1. The van der Waals surface area contributed by atoms with Crippen LogP contribution in [-0.4, -0.2) is 30.1 Å². The number of hydrogen-bond donors (Lipinski definition) is 1. The predicted molar refractivity (Wildman–Crippen MR) is 43.3 cm³/mol. The van der Waals surface area contributed by atoms with Crippen LogP contribution >= 0.6 is 0 Å². The molecule has 1 saturated heterocycles. The van der Waals surface area contributed by atoms with Crippen molar-refractivity contribution in [3.8, 4) is 0 Å². The van der Waals surface area contributed by atoms with Gasteiger partial charge in [0.15, 0.2) is 6.39 Å². The van der Waals surface area contributed by atoms with Crippen molar-refractivity contribution in [2.45, 2.75) is 13.0 Å². The quantitative estimate of drug-likeness (QED) is 0.705. The normalized spacial score (nSPS) is 16.7. The van der Waals surface area contributed by atoms with Crippen LogP contribution in [0.2, 0.25) is 0 Å². The van der Waals surface area contributed by atoms with Crippen molar-refractivity contribution in [1.82, 2.24) is 10.3 Å². The minimum absolute atomic E-state index is 0.122. The van der Waals surface area contributed by atoms with Gasteiger partial charge in [-0.05, 0) is 6.92 Å². The minimum atomic E-state index is -0.219. The van der Waals surface area contributed by atoms with Gasteiger partial charge >= 0.3 is 0 Å². The standard InChI is InChI=1S/C8H10N2O3/c1-5-7(13-4-9-5)8(11)10-6-2-12-3-6/h4,6H,2-3H2,1H3,(H,10,11). The van der Waals surface area contributed by atoms with E-state index in [-0.39, 0.29) is 17.7 Å². The van der Waals surface area contributed by atoms with Crippen LogP contribution in [0, 0.1) is 6.92 Å². The van der Waals surface area contributed by atoms with E-state index in [2.05, 4.69) is 10.3 Å². The van der Waals surface area contributed by atoms with E-state index in [1.54, 1.807) is 6.92 Å². The lowest BCUT2D eigenvalue weighted by Gasteiger charge is -2.26. The number of aryl methyl sites for hydroxylation is 1. The van der Waals surface area contributed by atoms with Crippen molar-refractivity contribution < 1.29 is 13.9 Å². The van der Waals surface area contributed by atoms with Crippen LogP contribution < -0.4 is 5.32 Å². The van der Waals surface area contributed by atoms with Gasteiger partial charge in [-0.3, -0.25) is 4.79 Å². The van der Waals surface area contributed by atoms with Gasteiger partial charge in [-0.15, -0.1) is 0 Å². The molecule has 1 amide bonds. The highest BCUT2D eigenvalue weighted by atomic mass is 16.5. The second kappa shape index (κ2) is 3.18. The molecule has 1 aromatic heterocycles. The van der Waals surface area contributed by atoms with Crippen molar-refractivity contribution in [2.24, 2.45) is 0 Å². The smallest absolute Gasteiger partial charge is 0.289 e. The van der Waals surface area contributed by atoms with Crippen LogP contribution in [-0.2, 0) is 4.74 Å². The first kappa shape index (κ1) is 8.25. The lowest BCUT2D eigenvalue weighted by Crippen LogP contribution is -2.48. The topological polar surface area (TPSA) is 64.4 Å². The molecule has 2 heterocycles. The average Bonchev–Trinajstić information content (AvgIpc) is 2.43. The van der Waals surface area contributed by atoms with Crippen LogP contribution in [0.15, 0.2) is 10.8 Å². The van der Waals surface area contributed by atoms with E-state index in [4.69, 9.17) is 9.15 Å². The Morgan fingerprint density at radius 3 is 2.92 bits per heavy atom. The van der Waals surface area contributed by atoms with Gasteiger partial charge < -0.3 is 14.5 Å². The molecule has 1 aliphatic heterocycles. The Morgan fingerprint density at radius 2 is 2.46 bits per heavy atom. The number of nitrogens with one attached hydrogen (secondary N) is 1. The van der Waals surface area contributed by atoms with Crippen molar-refractivity contribution in [1.29, 1.82) is 0 Å². The van der Waals surface area contributed by atoms with E-state index >= 15 is 0 Å². The maximum Gasteiger partial charge on any atom is 0.289 e. The molecule has 0 aromatic carbocycles. The van der Waals surface area contributed by atoms with E-state index in [9.17, 15) is 4.79 Å². The summed E-state index contributed by atoms with van der Waals surface area (Å²) in [4.78, 5) is 15.3. The molecule has 0 spiro atoms. The Morgan fingerprint density at radius 1 is 1.69 bits per heavy atom. The third-order valence-corrected chi connectivity index (χ3v) is 1.93. The number of rotatable bonds is 2. The highest BCUT2D eigenvalue weighted by Gasteiger charge is 2.23. The zero-order chi connectivity index (χ0) is 9.26. The van der Waals surface area contributed by atoms with Crippen LogP contribution in [0.5, 0.6) is 0 Å². The summed E-state index contributed by atoms with van der Waals surface area (Å²) in [5, 5.41) is 2.76. The second-order valence-electron chi connectivity index (χ2n) is 2.97. The summed E-state index contributed by atoms with van der Waals surface area (Å²) in [6.07, 6.45) is 1.27. The van der Waals surface area contributed by atoms with E-state index in [0.717, 1.165) is 0 Å². The number of nitrogens with zero attached hydrogens (tertiary/aromatic N) is 1. The number of ether oxygens (including phenoxy) is 1. The van der Waals surface area contributed by atoms with E-state index in [1.807, 2.05) is 0 Å². The molecule has 1 fully saturated rings. The summed E-state index contributed by atoms with van der Waals surface area (Å²) in [5.74, 6) is 0.0650. The fourth-order valence-corrected chi connectivity index (χ4v) is 1.09. The van der Waals surface area contributed by atoms with Crippen molar-refractivity contribution in [3.63, 3.8) is 0 Å². The van der Waals surface area contributed by atoms with Crippen molar-refractivity contribution in [3.05, 3.63) is 17.8 Å². The van der Waals surface area contributed by atoms with Crippen molar-refractivity contribution >= 4 is 5.91 Å². The molecule has 0 atom stereocenters. The first-order valence-corrected chi connectivity index (χ1v) is 4.06. The molecule has 5 heteroatoms. The van der Waals surface area contributed by atoms with Gasteiger partial charge in [-0.1, -0.05) is 0 Å². The van der Waals surface area contributed by atoms with Crippen LogP contribution in [0.1, 0.15) is 16.2 Å². The molecule has 0 saturated carbocycles. The molecule has 5 nitrogen and oxygen atoms in total. The first-order valence-electron chi connectivity index (χ1n) is 4.06. The Labute approximate surface area is 75.1 Å². The SMILES string of the molecule is Cc1ncoc1C(=O)NC1COC1. The monoisotopic (exact) mass is 182 g/mol. The molecule has 1 aromatic rings. The summed E-state index contributed by atoms with van der Waals surface area (Å²) in [7, 11) is 0. The van der Waals surface area contributed by atoms with Gasteiger partial charge in [0.2, 0.25) is 5.76 Å². The van der Waals surface area contributed by atoms with Crippen molar-refractivity contribution in [2.75, 3.05) is 13.2 Å². The van der Waals surface area contributed by atoms with Gasteiger partial charge in [0.1, 0.15) is 0 Å². The molecular formula is C8H10N2O3. The van der Waals surface area contributed by atoms with Gasteiger partial charge in [0, 0.05) is 0 Å². The Kier molecular flexibility index (Phi) is 2.02. The van der Waals surface area contributed by atoms with Gasteiger partial charge in [-0.2, -0.15) is 0 Å². The average molecular weight is 182 g/mol. The third-order valence-electron chi connectivity index (χ3n) is 1.93. The van der Waals surface area contributed by atoms with Crippen LogP contribution in [0.25, 0.3) is 0 Å². The van der Waals surface area contributed by atoms with E-state index in [0.29, 0.717) is 18.9 Å². The lowest BCUT2D eigenvalue weighted by molar-refractivity contribution is -0.00391. The maximum atomic E-state index is 11.4. The molecule has 13 heavy (non-hydrogen) atoms. The third kappa shape index (κ3) is 1.55. The number of carbonyl (C=O) groups excluding carboxylic acids is 1. The summed E-state index contributed by atoms with van der Waals surface area (Å²) in [5.41, 5.74) is 0.609. The molecule has 70 valence electrons. The number of oxazole rings is 1. The van der Waals surface area contributed by atoms with E-state index < -0.39 is 0 Å². The maximum absolute atomic E-state index is 11.4. The molecule has 0 aliphatic carbocycles.